The molecule has 0 aliphatic heterocycles. The van der Waals surface area contributed by atoms with E-state index in [1.165, 1.54) is 0 Å². The molecule has 12 heavy (non-hydrogen) atoms. The lowest BCUT2D eigenvalue weighted by Gasteiger charge is -2.24. The highest BCUT2D eigenvalue weighted by atomic mass is 16.7. The van der Waals surface area contributed by atoms with Gasteiger partial charge in [0, 0.05) is 7.05 Å². The van der Waals surface area contributed by atoms with Crippen molar-refractivity contribution in [1.82, 2.24) is 5.06 Å². The van der Waals surface area contributed by atoms with Gasteiger partial charge in [-0.05, 0) is 12.3 Å². The number of hydrogen-bond acceptors (Lipinski definition) is 3. The zero-order chi connectivity index (χ0) is 9.14. The van der Waals surface area contributed by atoms with Crippen LogP contribution in [0.3, 0.4) is 0 Å². The minimum atomic E-state index is 0.546. The van der Waals surface area contributed by atoms with Crippen molar-refractivity contribution in [2.24, 2.45) is 11.7 Å². The highest BCUT2D eigenvalue weighted by Crippen LogP contribution is 2.21. The number of nitrogens with two attached hydrogens (primary N) is 1. The van der Waals surface area contributed by atoms with Crippen molar-refractivity contribution in [3.8, 4) is 0 Å². The molecule has 1 rings (SSSR count). The molecule has 1 atom stereocenters. The van der Waals surface area contributed by atoms with Crippen LogP contribution in [0.2, 0.25) is 0 Å². The monoisotopic (exact) mass is 168 g/mol. The molecule has 0 aromatic rings. The van der Waals surface area contributed by atoms with Gasteiger partial charge in [-0.3, -0.25) is 9.90 Å². The average molecular weight is 168 g/mol. The number of likely N-dealkylation sites (N-methyl/N-ethyl adjacent to an activating group) is 1. The Balaban J connectivity index is 2.78. The molecule has 0 spiro atoms. The predicted molar refractivity (Wildman–Crippen MR) is 48.9 cm³/mol. The Kier molecular flexibility index (Phi) is 2.76. The molecule has 3 heteroatoms. The van der Waals surface area contributed by atoms with E-state index < -0.39 is 0 Å². The Hall–Kier alpha value is -0.960. The molecule has 0 saturated heterocycles. The van der Waals surface area contributed by atoms with Crippen LogP contribution in [-0.4, -0.2) is 19.2 Å². The Morgan fingerprint density at radius 1 is 1.67 bits per heavy atom. The lowest BCUT2D eigenvalue weighted by molar-refractivity contribution is -0.0757. The normalized spacial score (nSPS) is 23.1. The lowest BCUT2D eigenvalue weighted by atomic mass is 9.99. The lowest BCUT2D eigenvalue weighted by Crippen LogP contribution is -2.23. The summed E-state index contributed by atoms with van der Waals surface area (Å²) in [5.74, 6) is 0.546. The molecule has 2 N–H and O–H groups in total. The van der Waals surface area contributed by atoms with E-state index in [1.807, 2.05) is 13.1 Å². The van der Waals surface area contributed by atoms with E-state index in [2.05, 4.69) is 13.0 Å². The van der Waals surface area contributed by atoms with Gasteiger partial charge in [0.2, 0.25) is 0 Å². The van der Waals surface area contributed by atoms with Gasteiger partial charge in [-0.1, -0.05) is 19.1 Å². The van der Waals surface area contributed by atoms with Gasteiger partial charge >= 0.3 is 0 Å². The molecule has 1 aliphatic carbocycles. The first-order chi connectivity index (χ1) is 5.65. The topological polar surface area (TPSA) is 38.5 Å². The summed E-state index contributed by atoms with van der Waals surface area (Å²) in [6.07, 6.45) is 5.18. The maximum atomic E-state index is 5.79. The fourth-order valence-corrected chi connectivity index (χ4v) is 1.24. The second kappa shape index (κ2) is 3.63. The van der Waals surface area contributed by atoms with Crippen LogP contribution < -0.4 is 5.73 Å². The van der Waals surface area contributed by atoms with E-state index in [4.69, 9.17) is 10.6 Å². The summed E-state index contributed by atoms with van der Waals surface area (Å²) in [6, 6.07) is 0. The molecule has 0 fully saturated rings. The highest BCUT2D eigenvalue weighted by molar-refractivity contribution is 5.29. The van der Waals surface area contributed by atoms with Crippen molar-refractivity contribution in [3.05, 3.63) is 23.5 Å². The zero-order valence-electron chi connectivity index (χ0n) is 7.87. The molecule has 0 saturated carbocycles. The molecule has 0 aromatic heterocycles. The molecule has 0 radical (unpaired) electrons. The predicted octanol–water partition coefficient (Wildman–Crippen LogP) is 1.25. The molecule has 0 amide bonds. The van der Waals surface area contributed by atoms with Gasteiger partial charge in [-0.25, -0.2) is 0 Å². The minimum absolute atomic E-state index is 0.546. The van der Waals surface area contributed by atoms with E-state index in [1.54, 1.807) is 12.2 Å². The molecule has 0 heterocycles. The van der Waals surface area contributed by atoms with Crippen LogP contribution in [0.4, 0.5) is 0 Å². The van der Waals surface area contributed by atoms with Crippen LogP contribution in [-0.2, 0) is 4.84 Å². The number of nitrogens with zero attached hydrogens (tertiary/aromatic N) is 1. The standard InChI is InChI=1S/C9H16N2O/c1-7-4-5-8(10)9(6-7)11(2)12-3/h5-7H,4,10H2,1-3H3/t7-/m1/s1. The van der Waals surface area contributed by atoms with Gasteiger partial charge in [0.25, 0.3) is 0 Å². The first kappa shape index (κ1) is 9.13. The summed E-state index contributed by atoms with van der Waals surface area (Å²) >= 11 is 0. The Labute approximate surface area is 73.4 Å². The molecule has 68 valence electrons. The molecule has 0 aromatic carbocycles. The Morgan fingerprint density at radius 3 is 2.92 bits per heavy atom. The van der Waals surface area contributed by atoms with Gasteiger partial charge in [-0.2, -0.15) is 0 Å². The van der Waals surface area contributed by atoms with E-state index in [-0.39, 0.29) is 0 Å². The molecular formula is C9H16N2O. The van der Waals surface area contributed by atoms with Gasteiger partial charge in [0.05, 0.1) is 18.5 Å². The number of hydroxylamine groups is 2. The largest absolute Gasteiger partial charge is 0.397 e. The average Bonchev–Trinajstić information content (AvgIpc) is 2.08. The fourth-order valence-electron chi connectivity index (χ4n) is 1.24. The number of rotatable bonds is 2. The smallest absolute Gasteiger partial charge is 0.0822 e. The maximum absolute atomic E-state index is 5.79. The van der Waals surface area contributed by atoms with Crippen LogP contribution in [0.15, 0.2) is 23.5 Å². The quantitative estimate of drug-likeness (QED) is 0.630. The Bertz CT molecular complexity index is 221. The molecule has 1 aliphatic rings. The van der Waals surface area contributed by atoms with Crippen molar-refractivity contribution < 1.29 is 4.84 Å². The van der Waals surface area contributed by atoms with E-state index in [0.29, 0.717) is 5.92 Å². The van der Waals surface area contributed by atoms with Gasteiger partial charge < -0.3 is 5.73 Å². The third-order valence-electron chi connectivity index (χ3n) is 2.06. The number of hydrogen-bond donors (Lipinski definition) is 1. The number of allylic oxidation sites excluding steroid dienone is 2. The van der Waals surface area contributed by atoms with E-state index in [9.17, 15) is 0 Å². The first-order valence-electron chi connectivity index (χ1n) is 4.10. The first-order valence-corrected chi connectivity index (χ1v) is 4.10. The molecule has 0 unspecified atom stereocenters. The van der Waals surface area contributed by atoms with Gasteiger partial charge in [0.1, 0.15) is 0 Å². The van der Waals surface area contributed by atoms with Crippen molar-refractivity contribution in [3.63, 3.8) is 0 Å². The summed E-state index contributed by atoms with van der Waals surface area (Å²) in [6.45, 7) is 2.16. The third kappa shape index (κ3) is 1.80. The summed E-state index contributed by atoms with van der Waals surface area (Å²) in [5.41, 5.74) is 7.56. The van der Waals surface area contributed by atoms with Crippen molar-refractivity contribution in [1.29, 1.82) is 0 Å². The second-order valence-corrected chi connectivity index (χ2v) is 3.10. The SMILES string of the molecule is CON(C)C1=C[C@H](C)CC=C1N. The van der Waals surface area contributed by atoms with Crippen LogP contribution in [0, 0.1) is 5.92 Å². The van der Waals surface area contributed by atoms with E-state index in [0.717, 1.165) is 17.8 Å². The van der Waals surface area contributed by atoms with Crippen LogP contribution in [0.1, 0.15) is 13.3 Å². The van der Waals surface area contributed by atoms with Crippen LogP contribution in [0.5, 0.6) is 0 Å². The molecule has 3 nitrogen and oxygen atoms in total. The zero-order valence-corrected chi connectivity index (χ0v) is 7.87. The van der Waals surface area contributed by atoms with E-state index >= 15 is 0 Å². The highest BCUT2D eigenvalue weighted by Gasteiger charge is 2.13. The van der Waals surface area contributed by atoms with Crippen LogP contribution in [0.25, 0.3) is 0 Å². The fraction of sp³-hybridized carbons (Fsp3) is 0.556. The van der Waals surface area contributed by atoms with Gasteiger partial charge in [0.15, 0.2) is 0 Å². The Morgan fingerprint density at radius 2 is 2.33 bits per heavy atom. The summed E-state index contributed by atoms with van der Waals surface area (Å²) in [4.78, 5) is 5.05. The van der Waals surface area contributed by atoms with Gasteiger partial charge in [-0.15, -0.1) is 0 Å². The maximum Gasteiger partial charge on any atom is 0.0822 e. The van der Waals surface area contributed by atoms with Crippen molar-refractivity contribution in [2.45, 2.75) is 13.3 Å². The third-order valence-corrected chi connectivity index (χ3v) is 2.06. The van der Waals surface area contributed by atoms with Crippen molar-refractivity contribution >= 4 is 0 Å². The second-order valence-electron chi connectivity index (χ2n) is 3.10. The molecule has 0 bridgehead atoms. The summed E-state index contributed by atoms with van der Waals surface area (Å²) < 4.78 is 0. The van der Waals surface area contributed by atoms with Crippen molar-refractivity contribution in [2.75, 3.05) is 14.2 Å². The summed E-state index contributed by atoms with van der Waals surface area (Å²) in [5, 5.41) is 1.68. The molecular weight excluding hydrogens is 152 g/mol. The van der Waals surface area contributed by atoms with Crippen LogP contribution >= 0.6 is 0 Å². The summed E-state index contributed by atoms with van der Waals surface area (Å²) in [7, 11) is 3.48. The minimum Gasteiger partial charge on any atom is -0.397 e.